The number of anilines is 1. The summed E-state index contributed by atoms with van der Waals surface area (Å²) in [6.45, 7) is -0.168. The quantitative estimate of drug-likeness (QED) is 0.524. The third kappa shape index (κ3) is 5.32. The Balaban J connectivity index is 0.00000264. The summed E-state index contributed by atoms with van der Waals surface area (Å²) in [5.74, 6) is -1.31. The van der Waals surface area contributed by atoms with Crippen molar-refractivity contribution in [2.24, 2.45) is 0 Å². The van der Waals surface area contributed by atoms with Crippen LogP contribution < -0.4 is 66.5 Å². The van der Waals surface area contributed by atoms with Gasteiger partial charge in [0.1, 0.15) is 5.75 Å². The summed E-state index contributed by atoms with van der Waals surface area (Å²) in [5, 5.41) is 23.9. The summed E-state index contributed by atoms with van der Waals surface area (Å²) in [5.41, 5.74) is 0.521. The topological polar surface area (TPSA) is 102 Å². The molecular formula is C14H16ClKN2O5. The number of carboxylic acids is 1. The number of benzene rings is 1. The van der Waals surface area contributed by atoms with Crippen LogP contribution in [0.15, 0.2) is 18.2 Å². The maximum absolute atomic E-state index is 12.2. The summed E-state index contributed by atoms with van der Waals surface area (Å²) in [7, 11) is 1.49. The number of β-amino-alcohol motifs (C(OH)–C–C–N with tert-alkyl or cyclic N) is 1. The van der Waals surface area contributed by atoms with E-state index in [1.807, 2.05) is 0 Å². The van der Waals surface area contributed by atoms with Gasteiger partial charge in [0.25, 0.3) is 0 Å². The van der Waals surface area contributed by atoms with Crippen molar-refractivity contribution in [3.05, 3.63) is 23.2 Å². The molecule has 1 amide bonds. The molecule has 1 fully saturated rings. The molecule has 2 N–H and O–H groups in total. The van der Waals surface area contributed by atoms with E-state index in [1.54, 1.807) is 18.2 Å². The van der Waals surface area contributed by atoms with Gasteiger partial charge in [-0.2, -0.15) is 0 Å². The first-order valence-corrected chi connectivity index (χ1v) is 7.06. The number of ether oxygens (including phenoxy) is 1. The molecule has 0 spiro atoms. The molecule has 0 radical (unpaired) electrons. The number of hydrogen-bond acceptors (Lipinski definition) is 6. The Morgan fingerprint density at radius 2 is 2.22 bits per heavy atom. The van der Waals surface area contributed by atoms with Gasteiger partial charge < -0.3 is 30.0 Å². The van der Waals surface area contributed by atoms with E-state index in [4.69, 9.17) is 16.3 Å². The zero-order chi connectivity index (χ0) is 16.3. The third-order valence-electron chi connectivity index (χ3n) is 3.46. The molecule has 120 valence electrons. The van der Waals surface area contributed by atoms with Crippen LogP contribution in [0.1, 0.15) is 6.42 Å². The van der Waals surface area contributed by atoms with Gasteiger partial charge in [-0.1, -0.05) is 11.6 Å². The Morgan fingerprint density at radius 1 is 1.52 bits per heavy atom. The summed E-state index contributed by atoms with van der Waals surface area (Å²) < 4.78 is 5.14. The minimum Gasteiger partial charge on any atom is -0.548 e. The molecule has 0 saturated carbocycles. The molecule has 1 heterocycles. The molecule has 0 aliphatic carbocycles. The fraction of sp³-hybridized carbons (Fsp3) is 0.429. The Morgan fingerprint density at radius 3 is 2.83 bits per heavy atom. The molecule has 0 bridgehead atoms. The van der Waals surface area contributed by atoms with Crippen molar-refractivity contribution in [3.63, 3.8) is 0 Å². The predicted octanol–water partition coefficient (Wildman–Crippen LogP) is -3.52. The Labute approximate surface area is 181 Å². The number of likely N-dealkylation sites (tertiary alicyclic amines) is 1. The monoisotopic (exact) mass is 366 g/mol. The molecule has 2 rings (SSSR count). The molecular weight excluding hydrogens is 351 g/mol. The average molecular weight is 367 g/mol. The van der Waals surface area contributed by atoms with Gasteiger partial charge in [0.05, 0.1) is 37.5 Å². The van der Waals surface area contributed by atoms with Gasteiger partial charge in [-0.05, 0) is 18.2 Å². The van der Waals surface area contributed by atoms with E-state index >= 15 is 0 Å². The molecule has 1 aliphatic heterocycles. The Kier molecular flexibility index (Phi) is 8.29. The number of carboxylic acid groups (broad SMARTS) is 1. The van der Waals surface area contributed by atoms with E-state index in [1.165, 1.54) is 7.11 Å². The number of aliphatic hydroxyl groups excluding tert-OH is 1. The maximum atomic E-state index is 12.2. The van der Waals surface area contributed by atoms with E-state index in [-0.39, 0.29) is 70.9 Å². The van der Waals surface area contributed by atoms with Crippen LogP contribution in [0.2, 0.25) is 5.02 Å². The largest absolute Gasteiger partial charge is 1.00 e. The van der Waals surface area contributed by atoms with Crippen molar-refractivity contribution in [1.29, 1.82) is 0 Å². The molecule has 9 heteroatoms. The minimum absolute atomic E-state index is 0. The van der Waals surface area contributed by atoms with Crippen LogP contribution in [-0.4, -0.2) is 54.2 Å². The van der Waals surface area contributed by atoms with Crippen LogP contribution in [0, 0.1) is 0 Å². The van der Waals surface area contributed by atoms with E-state index < -0.39 is 24.0 Å². The van der Waals surface area contributed by atoms with Crippen LogP contribution in [0.25, 0.3) is 0 Å². The van der Waals surface area contributed by atoms with E-state index in [0.717, 1.165) is 4.90 Å². The fourth-order valence-corrected chi connectivity index (χ4v) is 2.58. The van der Waals surface area contributed by atoms with Gasteiger partial charge in [0.15, 0.2) is 0 Å². The smallest absolute Gasteiger partial charge is 0.548 e. The minimum atomic E-state index is -1.37. The van der Waals surface area contributed by atoms with E-state index in [2.05, 4.69) is 5.32 Å². The van der Waals surface area contributed by atoms with Gasteiger partial charge in [-0.15, -0.1) is 0 Å². The van der Waals surface area contributed by atoms with Crippen molar-refractivity contribution >= 4 is 29.2 Å². The fourth-order valence-electron chi connectivity index (χ4n) is 2.40. The predicted molar refractivity (Wildman–Crippen MR) is 77.6 cm³/mol. The van der Waals surface area contributed by atoms with Crippen molar-refractivity contribution in [1.82, 2.24) is 4.90 Å². The molecule has 23 heavy (non-hydrogen) atoms. The first kappa shape index (κ1) is 20.7. The number of rotatable bonds is 5. The van der Waals surface area contributed by atoms with Gasteiger partial charge in [-0.3, -0.25) is 4.79 Å². The van der Waals surface area contributed by atoms with Crippen molar-refractivity contribution < 1.29 is 75.9 Å². The van der Waals surface area contributed by atoms with Crippen molar-refractivity contribution in [2.45, 2.75) is 18.6 Å². The number of nitrogens with zero attached hydrogens (tertiary/aromatic N) is 1. The number of methoxy groups -OCH3 is 1. The number of hydrogen-bond donors (Lipinski definition) is 2. The molecule has 2 atom stereocenters. The van der Waals surface area contributed by atoms with Gasteiger partial charge in [-0.25, -0.2) is 0 Å². The van der Waals surface area contributed by atoms with E-state index in [9.17, 15) is 19.8 Å². The number of halogens is 1. The zero-order valence-corrected chi connectivity index (χ0v) is 16.8. The number of carbonyl (C=O) groups is 2. The average Bonchev–Trinajstić information content (AvgIpc) is 2.87. The molecule has 7 nitrogen and oxygen atoms in total. The van der Waals surface area contributed by atoms with Crippen molar-refractivity contribution in [2.75, 3.05) is 25.5 Å². The van der Waals surface area contributed by atoms with E-state index in [0.29, 0.717) is 16.5 Å². The molecule has 0 aromatic heterocycles. The third-order valence-corrected chi connectivity index (χ3v) is 3.70. The summed E-state index contributed by atoms with van der Waals surface area (Å²) in [4.78, 5) is 24.3. The number of nitrogens with one attached hydrogen (secondary N) is 1. The first-order valence-electron chi connectivity index (χ1n) is 6.68. The Hall–Kier alpha value is -0.354. The second-order valence-electron chi connectivity index (χ2n) is 4.97. The first-order chi connectivity index (χ1) is 10.4. The number of aliphatic carboxylic acids is 1. The molecule has 0 unspecified atom stereocenters. The number of amides is 1. The zero-order valence-electron chi connectivity index (χ0n) is 12.9. The second-order valence-corrected chi connectivity index (χ2v) is 5.41. The van der Waals surface area contributed by atoms with Crippen molar-refractivity contribution in [3.8, 4) is 5.75 Å². The molecule has 1 aliphatic rings. The van der Waals surface area contributed by atoms with Gasteiger partial charge in [0.2, 0.25) is 5.91 Å². The van der Waals surface area contributed by atoms with Crippen LogP contribution >= 0.6 is 11.6 Å². The summed E-state index contributed by atoms with van der Waals surface area (Å²) >= 11 is 5.89. The second kappa shape index (κ2) is 9.21. The maximum Gasteiger partial charge on any atom is 1.00 e. The number of aliphatic hydroxyl groups is 1. The SMILES string of the molecule is COc1ccc(Cl)cc1NCC(=O)N1C[C@@H](O)C[C@H]1C(=O)[O-].[K+]. The molecule has 1 saturated heterocycles. The summed E-state index contributed by atoms with van der Waals surface area (Å²) in [6.07, 6.45) is -0.873. The summed E-state index contributed by atoms with van der Waals surface area (Å²) in [6, 6.07) is 3.79. The number of carbonyl (C=O) groups excluding carboxylic acids is 2. The van der Waals surface area contributed by atoms with Crippen LogP contribution in [0.5, 0.6) is 5.75 Å². The Bertz CT molecular complexity index is 586. The van der Waals surface area contributed by atoms with Gasteiger partial charge >= 0.3 is 51.4 Å². The van der Waals surface area contributed by atoms with Crippen LogP contribution in [0.3, 0.4) is 0 Å². The molecule has 1 aromatic rings. The molecule has 1 aromatic carbocycles. The van der Waals surface area contributed by atoms with Crippen LogP contribution in [-0.2, 0) is 9.59 Å². The van der Waals surface area contributed by atoms with Crippen LogP contribution in [0.4, 0.5) is 5.69 Å². The normalized spacial score (nSPS) is 19.9. The standard InChI is InChI=1S/C14H17ClN2O5.K/c1-22-12-3-2-8(15)4-10(12)16-6-13(19)17-7-9(18)5-11(17)14(20)21;/h2-4,9,11,16,18H,5-7H2,1H3,(H,20,21);/q;+1/p-1/t9-,11-;/m0./s1. The van der Waals surface area contributed by atoms with Gasteiger partial charge in [0, 0.05) is 18.0 Å².